The van der Waals surface area contributed by atoms with Crippen molar-refractivity contribution in [2.24, 2.45) is 0 Å². The van der Waals surface area contributed by atoms with Crippen LogP contribution in [-0.2, 0) is 4.74 Å². The first-order valence-electron chi connectivity index (χ1n) is 5.81. The maximum atomic E-state index is 13.7. The molecule has 0 aliphatic rings. The van der Waals surface area contributed by atoms with Gasteiger partial charge >= 0.3 is 0 Å². The molecule has 0 saturated heterocycles. The van der Waals surface area contributed by atoms with Crippen LogP contribution in [0.4, 0.5) is 8.78 Å². The number of halogens is 2. The lowest BCUT2D eigenvalue weighted by atomic mass is 10.0. The summed E-state index contributed by atoms with van der Waals surface area (Å²) < 4.78 is 32.1. The first-order valence-corrected chi connectivity index (χ1v) is 5.81. The zero-order valence-electron chi connectivity index (χ0n) is 10.5. The van der Waals surface area contributed by atoms with Crippen molar-refractivity contribution in [3.63, 3.8) is 0 Å². The Bertz CT molecular complexity index is 357. The molecule has 1 N–H and O–H groups in total. The van der Waals surface area contributed by atoms with Gasteiger partial charge in [0.2, 0.25) is 0 Å². The van der Waals surface area contributed by atoms with E-state index < -0.39 is 11.6 Å². The van der Waals surface area contributed by atoms with E-state index in [1.807, 2.05) is 13.8 Å². The Morgan fingerprint density at radius 1 is 1.35 bits per heavy atom. The van der Waals surface area contributed by atoms with Crippen LogP contribution in [0.15, 0.2) is 18.2 Å². The molecule has 0 amide bonds. The van der Waals surface area contributed by atoms with E-state index in [0.29, 0.717) is 5.56 Å². The standard InChI is InChI=1S/C13H19F2NO/c1-4-8-16-13(9(2)17-3)10-6-5-7-11(14)12(10)15/h5-7,9,13,16H,4,8H2,1-3H3. The molecule has 0 heterocycles. The average Bonchev–Trinajstić information content (AvgIpc) is 2.34. The van der Waals surface area contributed by atoms with E-state index in [-0.39, 0.29) is 12.1 Å². The summed E-state index contributed by atoms with van der Waals surface area (Å²) in [6.45, 7) is 4.58. The van der Waals surface area contributed by atoms with E-state index in [1.165, 1.54) is 6.07 Å². The highest BCUT2D eigenvalue weighted by atomic mass is 19.2. The van der Waals surface area contributed by atoms with Crippen molar-refractivity contribution in [3.05, 3.63) is 35.4 Å². The number of ether oxygens (including phenoxy) is 1. The van der Waals surface area contributed by atoms with Crippen molar-refractivity contribution in [2.45, 2.75) is 32.4 Å². The lowest BCUT2D eigenvalue weighted by Gasteiger charge is -2.25. The molecule has 0 aliphatic carbocycles. The normalized spacial score (nSPS) is 14.6. The van der Waals surface area contributed by atoms with Crippen molar-refractivity contribution in [3.8, 4) is 0 Å². The molecule has 17 heavy (non-hydrogen) atoms. The van der Waals surface area contributed by atoms with Gasteiger partial charge in [-0.1, -0.05) is 19.1 Å². The summed E-state index contributed by atoms with van der Waals surface area (Å²) in [6.07, 6.45) is 0.696. The monoisotopic (exact) mass is 243 g/mol. The van der Waals surface area contributed by atoms with E-state index in [1.54, 1.807) is 13.2 Å². The van der Waals surface area contributed by atoms with Crippen molar-refractivity contribution in [2.75, 3.05) is 13.7 Å². The van der Waals surface area contributed by atoms with Crippen LogP contribution in [0.2, 0.25) is 0 Å². The van der Waals surface area contributed by atoms with Gasteiger partial charge in [-0.2, -0.15) is 0 Å². The third kappa shape index (κ3) is 3.48. The highest BCUT2D eigenvalue weighted by molar-refractivity contribution is 5.23. The molecule has 96 valence electrons. The molecule has 0 fully saturated rings. The molecule has 1 aromatic carbocycles. The Morgan fingerprint density at radius 2 is 2.06 bits per heavy atom. The Labute approximate surface area is 101 Å². The van der Waals surface area contributed by atoms with Crippen molar-refractivity contribution < 1.29 is 13.5 Å². The van der Waals surface area contributed by atoms with Crippen LogP contribution in [0, 0.1) is 11.6 Å². The van der Waals surface area contributed by atoms with Gasteiger partial charge in [0.15, 0.2) is 11.6 Å². The van der Waals surface area contributed by atoms with Crippen LogP contribution < -0.4 is 5.32 Å². The van der Waals surface area contributed by atoms with Crippen molar-refractivity contribution >= 4 is 0 Å². The second-order valence-electron chi connectivity index (χ2n) is 4.02. The van der Waals surface area contributed by atoms with Crippen LogP contribution in [0.3, 0.4) is 0 Å². The van der Waals surface area contributed by atoms with Gasteiger partial charge in [0.25, 0.3) is 0 Å². The molecule has 2 atom stereocenters. The van der Waals surface area contributed by atoms with Crippen molar-refractivity contribution in [1.29, 1.82) is 0 Å². The summed E-state index contributed by atoms with van der Waals surface area (Å²) in [5.74, 6) is -1.63. The van der Waals surface area contributed by atoms with Crippen LogP contribution >= 0.6 is 0 Å². The lowest BCUT2D eigenvalue weighted by Crippen LogP contribution is -2.32. The predicted molar refractivity (Wildman–Crippen MR) is 63.9 cm³/mol. The molecule has 1 rings (SSSR count). The van der Waals surface area contributed by atoms with Gasteiger partial charge in [-0.25, -0.2) is 8.78 Å². The topological polar surface area (TPSA) is 21.3 Å². The summed E-state index contributed by atoms with van der Waals surface area (Å²) in [5, 5.41) is 3.17. The van der Waals surface area contributed by atoms with Crippen LogP contribution in [0.1, 0.15) is 31.9 Å². The van der Waals surface area contributed by atoms with Gasteiger partial charge in [0, 0.05) is 12.7 Å². The summed E-state index contributed by atoms with van der Waals surface area (Å²) in [4.78, 5) is 0. The minimum Gasteiger partial charge on any atom is -0.380 e. The fourth-order valence-corrected chi connectivity index (χ4v) is 1.73. The van der Waals surface area contributed by atoms with Gasteiger partial charge < -0.3 is 10.1 Å². The second-order valence-corrected chi connectivity index (χ2v) is 4.02. The average molecular weight is 243 g/mol. The molecular weight excluding hydrogens is 224 g/mol. The van der Waals surface area contributed by atoms with Gasteiger partial charge in [-0.05, 0) is 26.0 Å². The number of benzene rings is 1. The largest absolute Gasteiger partial charge is 0.380 e. The van der Waals surface area contributed by atoms with E-state index in [9.17, 15) is 8.78 Å². The van der Waals surface area contributed by atoms with E-state index in [0.717, 1.165) is 19.0 Å². The third-order valence-electron chi connectivity index (χ3n) is 2.77. The molecular formula is C13H19F2NO. The maximum absolute atomic E-state index is 13.7. The van der Waals surface area contributed by atoms with E-state index in [2.05, 4.69) is 5.32 Å². The molecule has 0 aromatic heterocycles. The zero-order chi connectivity index (χ0) is 12.8. The van der Waals surface area contributed by atoms with Crippen LogP contribution in [0.25, 0.3) is 0 Å². The Balaban J connectivity index is 2.99. The number of hydrogen-bond acceptors (Lipinski definition) is 2. The fourth-order valence-electron chi connectivity index (χ4n) is 1.73. The van der Waals surface area contributed by atoms with Gasteiger partial charge in [0.1, 0.15) is 0 Å². The van der Waals surface area contributed by atoms with Gasteiger partial charge in [-0.3, -0.25) is 0 Å². The fraction of sp³-hybridized carbons (Fsp3) is 0.538. The Hall–Kier alpha value is -1.00. The summed E-state index contributed by atoms with van der Waals surface area (Å²) in [6, 6.07) is 3.88. The van der Waals surface area contributed by atoms with E-state index in [4.69, 9.17) is 4.74 Å². The lowest BCUT2D eigenvalue weighted by molar-refractivity contribution is 0.0815. The number of nitrogens with one attached hydrogen (secondary N) is 1. The molecule has 0 aliphatic heterocycles. The summed E-state index contributed by atoms with van der Waals surface area (Å²) in [7, 11) is 1.56. The quantitative estimate of drug-likeness (QED) is 0.829. The number of hydrogen-bond donors (Lipinski definition) is 1. The second kappa shape index (κ2) is 6.67. The molecule has 0 saturated carbocycles. The third-order valence-corrected chi connectivity index (χ3v) is 2.77. The van der Waals surface area contributed by atoms with E-state index >= 15 is 0 Å². The summed E-state index contributed by atoms with van der Waals surface area (Å²) >= 11 is 0. The van der Waals surface area contributed by atoms with Crippen LogP contribution in [0.5, 0.6) is 0 Å². The molecule has 2 nitrogen and oxygen atoms in total. The minimum absolute atomic E-state index is 0.224. The number of methoxy groups -OCH3 is 1. The highest BCUT2D eigenvalue weighted by Gasteiger charge is 2.22. The molecule has 2 unspecified atom stereocenters. The van der Waals surface area contributed by atoms with Crippen molar-refractivity contribution in [1.82, 2.24) is 5.32 Å². The first-order chi connectivity index (χ1) is 8.11. The molecule has 0 bridgehead atoms. The highest BCUT2D eigenvalue weighted by Crippen LogP contribution is 2.23. The number of rotatable bonds is 6. The van der Waals surface area contributed by atoms with Gasteiger partial charge in [0.05, 0.1) is 12.1 Å². The molecule has 4 heteroatoms. The minimum atomic E-state index is -0.825. The predicted octanol–water partition coefficient (Wildman–Crippen LogP) is 3.04. The SMILES string of the molecule is CCCNC(c1cccc(F)c1F)C(C)OC. The molecule has 0 spiro atoms. The smallest absolute Gasteiger partial charge is 0.163 e. The Morgan fingerprint density at radius 3 is 2.65 bits per heavy atom. The van der Waals surface area contributed by atoms with Crippen LogP contribution in [-0.4, -0.2) is 19.8 Å². The maximum Gasteiger partial charge on any atom is 0.163 e. The summed E-state index contributed by atoms with van der Waals surface area (Å²) in [5.41, 5.74) is 0.313. The zero-order valence-corrected chi connectivity index (χ0v) is 10.5. The Kier molecular flexibility index (Phi) is 5.51. The first kappa shape index (κ1) is 14.1. The van der Waals surface area contributed by atoms with Gasteiger partial charge in [-0.15, -0.1) is 0 Å². The molecule has 0 radical (unpaired) electrons. The molecule has 1 aromatic rings.